The number of hydrogen-bond acceptors (Lipinski definition) is 2. The van der Waals surface area contributed by atoms with Gasteiger partial charge in [0.15, 0.2) is 0 Å². The number of aromatic nitrogens is 1. The zero-order valence-corrected chi connectivity index (χ0v) is 14.9. The Morgan fingerprint density at radius 3 is 2.48 bits per heavy atom. The number of aromatic carboxylic acids is 1. The first-order chi connectivity index (χ1) is 12.1. The molecule has 0 saturated carbocycles. The molecule has 0 aliphatic rings. The van der Waals surface area contributed by atoms with E-state index >= 15 is 0 Å². The molecule has 1 unspecified atom stereocenters. The molecule has 1 aromatic heterocycles. The van der Waals surface area contributed by atoms with Crippen LogP contribution < -0.4 is 0 Å². The summed E-state index contributed by atoms with van der Waals surface area (Å²) in [4.78, 5) is 17.3. The van der Waals surface area contributed by atoms with Crippen molar-refractivity contribution in [1.82, 2.24) is 9.88 Å². The fraction of sp³-hybridized carbons (Fsp3) is 0.286. The quantitative estimate of drug-likeness (QED) is 0.670. The third-order valence-electron chi connectivity index (χ3n) is 4.94. The van der Waals surface area contributed by atoms with Crippen molar-refractivity contribution in [3.8, 4) is 11.1 Å². The Hall–Kier alpha value is -2.59. The van der Waals surface area contributed by atoms with Crippen molar-refractivity contribution in [3.05, 3.63) is 59.8 Å². The second-order valence-electron chi connectivity index (χ2n) is 6.36. The number of aromatic amines is 1. The van der Waals surface area contributed by atoms with Crippen molar-refractivity contribution in [2.75, 3.05) is 13.6 Å². The van der Waals surface area contributed by atoms with Crippen LogP contribution in [0.4, 0.5) is 0 Å². The molecular weight excluding hydrogens is 312 g/mol. The molecule has 2 N–H and O–H groups in total. The number of carboxylic acids is 1. The van der Waals surface area contributed by atoms with Gasteiger partial charge in [0.05, 0.1) is 11.1 Å². The van der Waals surface area contributed by atoms with Crippen molar-refractivity contribution in [2.45, 2.75) is 26.3 Å². The molecule has 1 atom stereocenters. The predicted molar refractivity (Wildman–Crippen MR) is 102 cm³/mol. The Kier molecular flexibility index (Phi) is 4.91. The number of fused-ring (bicyclic) bond motifs is 1. The lowest BCUT2D eigenvalue weighted by atomic mass is 9.96. The summed E-state index contributed by atoms with van der Waals surface area (Å²) in [6, 6.07) is 14.0. The summed E-state index contributed by atoms with van der Waals surface area (Å²) in [7, 11) is 2.10. The molecule has 25 heavy (non-hydrogen) atoms. The smallest absolute Gasteiger partial charge is 0.337 e. The van der Waals surface area contributed by atoms with Crippen LogP contribution in [-0.2, 0) is 0 Å². The van der Waals surface area contributed by atoms with Gasteiger partial charge in [-0.1, -0.05) is 44.2 Å². The van der Waals surface area contributed by atoms with Crippen LogP contribution in [0.2, 0.25) is 0 Å². The van der Waals surface area contributed by atoms with Crippen LogP contribution in [-0.4, -0.2) is 34.6 Å². The first-order valence-electron chi connectivity index (χ1n) is 8.70. The molecule has 130 valence electrons. The van der Waals surface area contributed by atoms with Crippen molar-refractivity contribution < 1.29 is 9.90 Å². The Balaban J connectivity index is 2.25. The normalized spacial score (nSPS) is 12.6. The molecule has 0 spiro atoms. The summed E-state index contributed by atoms with van der Waals surface area (Å²) in [5.74, 6) is -0.909. The lowest BCUT2D eigenvalue weighted by Gasteiger charge is -2.25. The van der Waals surface area contributed by atoms with Gasteiger partial charge in [-0.25, -0.2) is 4.79 Å². The summed E-state index contributed by atoms with van der Waals surface area (Å²) < 4.78 is 0. The lowest BCUT2D eigenvalue weighted by Crippen LogP contribution is -2.23. The fourth-order valence-electron chi connectivity index (χ4n) is 3.48. The summed E-state index contributed by atoms with van der Waals surface area (Å²) in [6.07, 6.45) is 2.93. The van der Waals surface area contributed by atoms with E-state index in [9.17, 15) is 9.90 Å². The highest BCUT2D eigenvalue weighted by Gasteiger charge is 2.21. The molecule has 0 bridgehead atoms. The number of carbonyl (C=O) groups is 1. The number of benzene rings is 2. The molecule has 0 fully saturated rings. The molecular formula is C21H24N2O2. The average molecular weight is 336 g/mol. The van der Waals surface area contributed by atoms with E-state index in [0.717, 1.165) is 35.0 Å². The number of nitrogens with zero attached hydrogens (tertiary/aromatic N) is 1. The highest BCUT2D eigenvalue weighted by molar-refractivity contribution is 6.05. The number of rotatable bonds is 6. The monoisotopic (exact) mass is 336 g/mol. The van der Waals surface area contributed by atoms with E-state index in [-0.39, 0.29) is 6.04 Å². The second kappa shape index (κ2) is 7.11. The first-order valence-corrected chi connectivity index (χ1v) is 8.70. The molecule has 0 amide bonds. The van der Waals surface area contributed by atoms with E-state index in [2.05, 4.69) is 36.8 Å². The lowest BCUT2D eigenvalue weighted by molar-refractivity contribution is 0.0699. The Bertz CT molecular complexity index is 884. The van der Waals surface area contributed by atoms with E-state index in [0.29, 0.717) is 11.1 Å². The predicted octanol–water partition coefficient (Wildman–Crippen LogP) is 4.94. The van der Waals surface area contributed by atoms with Gasteiger partial charge in [0, 0.05) is 17.6 Å². The van der Waals surface area contributed by atoms with Gasteiger partial charge in [0.2, 0.25) is 0 Å². The van der Waals surface area contributed by atoms with Crippen molar-refractivity contribution in [2.24, 2.45) is 0 Å². The van der Waals surface area contributed by atoms with E-state index < -0.39 is 5.97 Å². The molecule has 0 saturated heterocycles. The highest BCUT2D eigenvalue weighted by atomic mass is 16.4. The minimum absolute atomic E-state index is 0.256. The maximum Gasteiger partial charge on any atom is 0.337 e. The zero-order chi connectivity index (χ0) is 18.0. The van der Waals surface area contributed by atoms with E-state index in [1.807, 2.05) is 36.5 Å². The van der Waals surface area contributed by atoms with Crippen molar-refractivity contribution in [1.29, 1.82) is 0 Å². The summed E-state index contributed by atoms with van der Waals surface area (Å²) >= 11 is 0. The van der Waals surface area contributed by atoms with Crippen molar-refractivity contribution in [3.63, 3.8) is 0 Å². The largest absolute Gasteiger partial charge is 0.478 e. The van der Waals surface area contributed by atoms with Crippen LogP contribution in [0, 0.1) is 0 Å². The Morgan fingerprint density at radius 2 is 1.88 bits per heavy atom. The van der Waals surface area contributed by atoms with Gasteiger partial charge in [0.1, 0.15) is 0 Å². The SMILES string of the molecule is CCC(c1c[nH]c2c(C(=O)O)cc(-c3ccccc3)cc12)N(C)CC. The maximum atomic E-state index is 11.8. The minimum atomic E-state index is -0.909. The standard InChI is InChI=1S/C21H24N2O2/c1-4-19(23(3)5-2)18-13-22-20-16(18)11-15(12-17(20)21(24)25)14-9-7-6-8-10-14/h6-13,19,22H,4-5H2,1-3H3,(H,24,25). The van der Waals surface area contributed by atoms with Gasteiger partial charge < -0.3 is 10.1 Å². The van der Waals surface area contributed by atoms with E-state index in [4.69, 9.17) is 0 Å². The van der Waals surface area contributed by atoms with Crippen LogP contribution in [0.3, 0.4) is 0 Å². The highest BCUT2D eigenvalue weighted by Crippen LogP contribution is 2.34. The Morgan fingerprint density at radius 1 is 1.16 bits per heavy atom. The van der Waals surface area contributed by atoms with Gasteiger partial charge in [-0.15, -0.1) is 0 Å². The molecule has 0 aliphatic heterocycles. The minimum Gasteiger partial charge on any atom is -0.478 e. The molecule has 1 heterocycles. The van der Waals surface area contributed by atoms with Gasteiger partial charge in [-0.2, -0.15) is 0 Å². The second-order valence-corrected chi connectivity index (χ2v) is 6.36. The first kappa shape index (κ1) is 17.2. The van der Waals surface area contributed by atoms with E-state index in [1.165, 1.54) is 0 Å². The van der Waals surface area contributed by atoms with Crippen LogP contribution >= 0.6 is 0 Å². The molecule has 4 nitrogen and oxygen atoms in total. The zero-order valence-electron chi connectivity index (χ0n) is 14.9. The van der Waals surface area contributed by atoms with Gasteiger partial charge in [-0.05, 0) is 48.8 Å². The molecule has 4 heteroatoms. The summed E-state index contributed by atoms with van der Waals surface area (Å²) in [5.41, 5.74) is 4.13. The van der Waals surface area contributed by atoms with Crippen LogP contribution in [0.1, 0.15) is 42.2 Å². The van der Waals surface area contributed by atoms with Crippen LogP contribution in [0.25, 0.3) is 22.0 Å². The summed E-state index contributed by atoms with van der Waals surface area (Å²) in [6.45, 7) is 5.24. The number of nitrogens with one attached hydrogen (secondary N) is 1. The molecule has 0 radical (unpaired) electrons. The fourth-order valence-corrected chi connectivity index (χ4v) is 3.48. The van der Waals surface area contributed by atoms with Gasteiger partial charge >= 0.3 is 5.97 Å². The molecule has 3 aromatic rings. The third kappa shape index (κ3) is 3.17. The van der Waals surface area contributed by atoms with Crippen LogP contribution in [0.5, 0.6) is 0 Å². The third-order valence-corrected chi connectivity index (χ3v) is 4.94. The van der Waals surface area contributed by atoms with Gasteiger partial charge in [-0.3, -0.25) is 4.90 Å². The molecule has 3 rings (SSSR count). The number of H-pyrrole nitrogens is 1. The number of carboxylic acid groups (broad SMARTS) is 1. The maximum absolute atomic E-state index is 11.8. The molecule has 2 aromatic carbocycles. The van der Waals surface area contributed by atoms with E-state index in [1.54, 1.807) is 6.07 Å². The number of hydrogen-bond donors (Lipinski definition) is 2. The molecule has 0 aliphatic carbocycles. The summed E-state index contributed by atoms with van der Waals surface area (Å²) in [5, 5.41) is 10.7. The topological polar surface area (TPSA) is 56.3 Å². The van der Waals surface area contributed by atoms with Gasteiger partial charge in [0.25, 0.3) is 0 Å². The Labute approximate surface area is 148 Å². The van der Waals surface area contributed by atoms with Crippen molar-refractivity contribution >= 4 is 16.9 Å². The average Bonchev–Trinajstić information content (AvgIpc) is 3.05. The van der Waals surface area contributed by atoms with Crippen LogP contribution in [0.15, 0.2) is 48.7 Å².